The van der Waals surface area contributed by atoms with Gasteiger partial charge in [-0.1, -0.05) is 0 Å². The van der Waals surface area contributed by atoms with Crippen LogP contribution in [0.25, 0.3) is 0 Å². The van der Waals surface area contributed by atoms with Crippen molar-refractivity contribution in [2.45, 2.75) is 25.9 Å². The molecule has 2 heterocycles. The average molecular weight is 264 g/mol. The van der Waals surface area contributed by atoms with E-state index in [4.69, 9.17) is 5.73 Å². The van der Waals surface area contributed by atoms with E-state index in [1.165, 1.54) is 5.56 Å². The first kappa shape index (κ1) is 13.9. The quantitative estimate of drug-likeness (QED) is 0.850. The van der Waals surface area contributed by atoms with E-state index >= 15 is 0 Å². The lowest BCUT2D eigenvalue weighted by atomic mass is 10.1. The smallest absolute Gasteiger partial charge is 0.191 e. The fourth-order valence-electron chi connectivity index (χ4n) is 2.20. The summed E-state index contributed by atoms with van der Waals surface area (Å²) in [6.45, 7) is 6.83. The summed E-state index contributed by atoms with van der Waals surface area (Å²) in [4.78, 5) is 8.69. The standard InChI is InChI=1S/C13H24N6/c1-10(2)19-9-11(7-16-19)12-8-15-13(14)18(12)6-5-17(3)4/h7,9-10,12H,5-6,8H2,1-4H3,(H2,14,15). The van der Waals surface area contributed by atoms with Gasteiger partial charge in [0.05, 0.1) is 18.8 Å². The third-order valence-electron chi connectivity index (χ3n) is 3.42. The van der Waals surface area contributed by atoms with Crippen molar-refractivity contribution in [3.05, 3.63) is 18.0 Å². The summed E-state index contributed by atoms with van der Waals surface area (Å²) in [5.41, 5.74) is 7.18. The molecule has 1 atom stereocenters. The number of aromatic nitrogens is 2. The zero-order valence-corrected chi connectivity index (χ0v) is 12.2. The van der Waals surface area contributed by atoms with Crippen LogP contribution < -0.4 is 5.73 Å². The maximum absolute atomic E-state index is 5.99. The Balaban J connectivity index is 2.09. The molecule has 1 aromatic heterocycles. The molecule has 0 aromatic carbocycles. The van der Waals surface area contributed by atoms with Crippen LogP contribution >= 0.6 is 0 Å². The number of nitrogens with two attached hydrogens (primary N) is 1. The van der Waals surface area contributed by atoms with Gasteiger partial charge in [-0.3, -0.25) is 9.67 Å². The molecule has 0 fully saturated rings. The second-order valence-corrected chi connectivity index (χ2v) is 5.56. The number of likely N-dealkylation sites (N-methyl/N-ethyl adjacent to an activating group) is 1. The molecule has 19 heavy (non-hydrogen) atoms. The van der Waals surface area contributed by atoms with Crippen molar-refractivity contribution in [1.82, 2.24) is 19.6 Å². The zero-order chi connectivity index (χ0) is 14.0. The summed E-state index contributed by atoms with van der Waals surface area (Å²) in [5.74, 6) is 0.643. The van der Waals surface area contributed by atoms with Crippen molar-refractivity contribution in [3.8, 4) is 0 Å². The summed E-state index contributed by atoms with van der Waals surface area (Å²) in [5, 5.41) is 4.40. The Labute approximate surface area is 114 Å². The van der Waals surface area contributed by atoms with Crippen LogP contribution in [0.1, 0.15) is 31.5 Å². The molecule has 106 valence electrons. The van der Waals surface area contributed by atoms with E-state index in [-0.39, 0.29) is 6.04 Å². The van der Waals surface area contributed by atoms with E-state index in [0.717, 1.165) is 19.6 Å². The summed E-state index contributed by atoms with van der Waals surface area (Å²) >= 11 is 0. The van der Waals surface area contributed by atoms with E-state index in [2.05, 4.69) is 54.0 Å². The van der Waals surface area contributed by atoms with Crippen molar-refractivity contribution in [3.63, 3.8) is 0 Å². The van der Waals surface area contributed by atoms with Crippen molar-refractivity contribution in [2.75, 3.05) is 33.7 Å². The van der Waals surface area contributed by atoms with Crippen LogP contribution in [0.2, 0.25) is 0 Å². The van der Waals surface area contributed by atoms with Gasteiger partial charge in [-0.15, -0.1) is 0 Å². The summed E-state index contributed by atoms with van der Waals surface area (Å²) < 4.78 is 1.98. The van der Waals surface area contributed by atoms with Crippen molar-refractivity contribution in [2.24, 2.45) is 10.7 Å². The van der Waals surface area contributed by atoms with Crippen LogP contribution in [0.5, 0.6) is 0 Å². The molecule has 6 heteroatoms. The van der Waals surface area contributed by atoms with Crippen molar-refractivity contribution < 1.29 is 0 Å². The zero-order valence-electron chi connectivity index (χ0n) is 12.2. The van der Waals surface area contributed by atoms with Gasteiger partial charge < -0.3 is 15.5 Å². The van der Waals surface area contributed by atoms with Gasteiger partial charge in [-0.2, -0.15) is 5.10 Å². The van der Waals surface area contributed by atoms with Gasteiger partial charge in [0.25, 0.3) is 0 Å². The van der Waals surface area contributed by atoms with E-state index in [0.29, 0.717) is 12.0 Å². The topological polar surface area (TPSA) is 62.7 Å². The van der Waals surface area contributed by atoms with Gasteiger partial charge in [-0.05, 0) is 27.9 Å². The van der Waals surface area contributed by atoms with Crippen LogP contribution in [0.3, 0.4) is 0 Å². The van der Waals surface area contributed by atoms with E-state index in [1.807, 2.05) is 10.9 Å². The fourth-order valence-corrected chi connectivity index (χ4v) is 2.20. The lowest BCUT2D eigenvalue weighted by molar-refractivity contribution is 0.293. The molecule has 1 aliphatic rings. The number of aliphatic imine (C=N–C) groups is 1. The van der Waals surface area contributed by atoms with Gasteiger partial charge in [0.1, 0.15) is 0 Å². The Morgan fingerprint density at radius 3 is 2.79 bits per heavy atom. The van der Waals surface area contributed by atoms with Gasteiger partial charge in [0.2, 0.25) is 0 Å². The third kappa shape index (κ3) is 3.07. The molecular formula is C13H24N6. The molecule has 0 saturated carbocycles. The highest BCUT2D eigenvalue weighted by molar-refractivity contribution is 5.80. The molecule has 1 aromatic rings. The number of rotatable bonds is 5. The highest BCUT2D eigenvalue weighted by Crippen LogP contribution is 2.25. The largest absolute Gasteiger partial charge is 0.370 e. The van der Waals surface area contributed by atoms with Crippen LogP contribution in [-0.4, -0.2) is 59.3 Å². The monoisotopic (exact) mass is 264 g/mol. The maximum Gasteiger partial charge on any atom is 0.191 e. The first-order valence-electron chi connectivity index (χ1n) is 6.74. The van der Waals surface area contributed by atoms with Crippen LogP contribution in [-0.2, 0) is 0 Å². The second-order valence-electron chi connectivity index (χ2n) is 5.56. The first-order chi connectivity index (χ1) is 8.99. The molecule has 1 aliphatic heterocycles. The summed E-state index contributed by atoms with van der Waals surface area (Å²) in [6, 6.07) is 0.607. The highest BCUT2D eigenvalue weighted by Gasteiger charge is 2.28. The van der Waals surface area contributed by atoms with Crippen LogP contribution in [0, 0.1) is 0 Å². The van der Waals surface area contributed by atoms with Crippen LogP contribution in [0.15, 0.2) is 17.4 Å². The minimum absolute atomic E-state index is 0.229. The molecule has 0 saturated heterocycles. The lowest BCUT2D eigenvalue weighted by Gasteiger charge is -2.26. The SMILES string of the molecule is CC(C)n1cc(C2CN=C(N)N2CCN(C)C)cn1. The summed E-state index contributed by atoms with van der Waals surface area (Å²) in [7, 11) is 4.13. The van der Waals surface area contributed by atoms with Crippen molar-refractivity contribution >= 4 is 5.96 Å². The minimum Gasteiger partial charge on any atom is -0.370 e. The highest BCUT2D eigenvalue weighted by atomic mass is 15.3. The predicted molar refractivity (Wildman–Crippen MR) is 77.1 cm³/mol. The lowest BCUT2D eigenvalue weighted by Crippen LogP contribution is -2.40. The minimum atomic E-state index is 0.229. The Morgan fingerprint density at radius 1 is 1.47 bits per heavy atom. The first-order valence-corrected chi connectivity index (χ1v) is 6.74. The molecule has 1 unspecified atom stereocenters. The molecule has 2 N–H and O–H groups in total. The van der Waals surface area contributed by atoms with Crippen molar-refractivity contribution in [1.29, 1.82) is 0 Å². The van der Waals surface area contributed by atoms with E-state index in [9.17, 15) is 0 Å². The molecule has 2 rings (SSSR count). The molecule has 0 amide bonds. The Kier molecular flexibility index (Phi) is 4.09. The maximum atomic E-state index is 5.99. The Morgan fingerprint density at radius 2 is 2.21 bits per heavy atom. The van der Waals surface area contributed by atoms with Gasteiger partial charge in [0, 0.05) is 30.9 Å². The third-order valence-corrected chi connectivity index (χ3v) is 3.42. The summed E-state index contributed by atoms with van der Waals surface area (Å²) in [6.07, 6.45) is 4.04. The number of hydrogen-bond donors (Lipinski definition) is 1. The molecule has 0 aliphatic carbocycles. The van der Waals surface area contributed by atoms with E-state index in [1.54, 1.807) is 0 Å². The molecule has 0 spiro atoms. The molecule has 6 nitrogen and oxygen atoms in total. The predicted octanol–water partition coefficient (Wildman–Crippen LogP) is 0.697. The Hall–Kier alpha value is -1.56. The fraction of sp³-hybridized carbons (Fsp3) is 0.692. The molecule has 0 bridgehead atoms. The Bertz CT molecular complexity index is 448. The normalized spacial score (nSPS) is 19.6. The van der Waals surface area contributed by atoms with Crippen LogP contribution in [0.4, 0.5) is 0 Å². The molecule has 0 radical (unpaired) electrons. The molecular weight excluding hydrogens is 240 g/mol. The number of nitrogens with zero attached hydrogens (tertiary/aromatic N) is 5. The van der Waals surface area contributed by atoms with Gasteiger partial charge >= 0.3 is 0 Å². The van der Waals surface area contributed by atoms with Gasteiger partial charge in [-0.25, -0.2) is 0 Å². The average Bonchev–Trinajstić information content (AvgIpc) is 2.92. The number of hydrogen-bond acceptors (Lipinski definition) is 5. The van der Waals surface area contributed by atoms with Gasteiger partial charge in [0.15, 0.2) is 5.96 Å². The second kappa shape index (κ2) is 5.61. The van der Waals surface area contributed by atoms with E-state index < -0.39 is 0 Å². The number of guanidine groups is 1.